The number of aliphatic hydroxyl groups is 2. The van der Waals surface area contributed by atoms with E-state index in [4.69, 9.17) is 4.74 Å². The van der Waals surface area contributed by atoms with Crippen molar-refractivity contribution in [2.75, 3.05) is 6.61 Å². The molecule has 0 fully saturated rings. The number of benzene rings is 1. The second-order valence-corrected chi connectivity index (χ2v) is 4.75. The normalized spacial score (nSPS) is 15.7. The van der Waals surface area contributed by atoms with E-state index in [-0.39, 0.29) is 18.9 Å². The summed E-state index contributed by atoms with van der Waals surface area (Å²) in [6.07, 6.45) is 0.649. The smallest absolute Gasteiger partial charge is 0.157 e. The third-order valence-electron chi connectivity index (χ3n) is 2.91. The van der Waals surface area contributed by atoms with Crippen LogP contribution in [0.2, 0.25) is 0 Å². The highest BCUT2D eigenvalue weighted by atomic mass is 16.6. The zero-order valence-electron chi connectivity index (χ0n) is 11.2. The minimum atomic E-state index is -0.963. The summed E-state index contributed by atoms with van der Waals surface area (Å²) >= 11 is 0. The van der Waals surface area contributed by atoms with Gasteiger partial charge in [0.2, 0.25) is 0 Å². The number of carbonyl (C=O) groups is 1. The van der Waals surface area contributed by atoms with Crippen molar-refractivity contribution < 1.29 is 19.7 Å². The van der Waals surface area contributed by atoms with Crippen molar-refractivity contribution in [2.24, 2.45) is 5.92 Å². The van der Waals surface area contributed by atoms with E-state index in [1.807, 2.05) is 30.3 Å². The molecule has 1 aromatic carbocycles. The van der Waals surface area contributed by atoms with Crippen LogP contribution in [-0.4, -0.2) is 35.5 Å². The average molecular weight is 266 g/mol. The van der Waals surface area contributed by atoms with Gasteiger partial charge in [-0.05, 0) is 25.3 Å². The molecule has 0 aliphatic heterocycles. The van der Waals surface area contributed by atoms with Crippen molar-refractivity contribution in [1.29, 1.82) is 0 Å². The Morgan fingerprint density at radius 1 is 1.26 bits per heavy atom. The molecular formula is C15H22O4. The van der Waals surface area contributed by atoms with Crippen molar-refractivity contribution in [1.82, 2.24) is 0 Å². The van der Waals surface area contributed by atoms with Crippen molar-refractivity contribution in [3.8, 4) is 0 Å². The van der Waals surface area contributed by atoms with Crippen molar-refractivity contribution in [2.45, 2.75) is 38.6 Å². The molecule has 19 heavy (non-hydrogen) atoms. The molecule has 0 saturated heterocycles. The minimum absolute atomic E-state index is 0.186. The molecule has 0 aliphatic rings. The molecule has 0 radical (unpaired) electrons. The highest BCUT2D eigenvalue weighted by Gasteiger charge is 2.22. The van der Waals surface area contributed by atoms with Gasteiger partial charge in [-0.1, -0.05) is 30.3 Å². The Bertz CT molecular complexity index is 350. The summed E-state index contributed by atoms with van der Waals surface area (Å²) in [6, 6.07) is 9.77. The molecule has 2 N–H and O–H groups in total. The van der Waals surface area contributed by atoms with E-state index in [2.05, 4.69) is 0 Å². The van der Waals surface area contributed by atoms with E-state index in [0.717, 1.165) is 11.8 Å². The quantitative estimate of drug-likeness (QED) is 0.404. The van der Waals surface area contributed by atoms with E-state index in [9.17, 15) is 15.0 Å². The molecular weight excluding hydrogens is 244 g/mol. The van der Waals surface area contributed by atoms with Crippen LogP contribution < -0.4 is 0 Å². The van der Waals surface area contributed by atoms with Gasteiger partial charge in [-0.2, -0.15) is 0 Å². The fourth-order valence-corrected chi connectivity index (χ4v) is 2.03. The van der Waals surface area contributed by atoms with Crippen LogP contribution in [0.1, 0.15) is 25.3 Å². The Balaban J connectivity index is 2.57. The molecule has 1 aromatic rings. The van der Waals surface area contributed by atoms with Gasteiger partial charge in [0, 0.05) is 12.3 Å². The van der Waals surface area contributed by atoms with Crippen LogP contribution in [0.25, 0.3) is 0 Å². The molecule has 0 amide bonds. The van der Waals surface area contributed by atoms with Gasteiger partial charge in [0.15, 0.2) is 6.29 Å². The third kappa shape index (κ3) is 6.47. The lowest BCUT2D eigenvalue weighted by atomic mass is 9.93. The van der Waals surface area contributed by atoms with Crippen LogP contribution in [0.5, 0.6) is 0 Å². The van der Waals surface area contributed by atoms with Gasteiger partial charge in [0.25, 0.3) is 0 Å². The summed E-state index contributed by atoms with van der Waals surface area (Å²) in [6.45, 7) is 1.89. The molecule has 0 bridgehead atoms. The predicted molar refractivity (Wildman–Crippen MR) is 72.6 cm³/mol. The molecule has 2 unspecified atom stereocenters. The molecule has 0 aliphatic carbocycles. The molecule has 4 heteroatoms. The lowest BCUT2D eigenvalue weighted by molar-refractivity contribution is -0.142. The van der Waals surface area contributed by atoms with E-state index in [1.54, 1.807) is 6.92 Å². The Hall–Kier alpha value is -1.23. The molecule has 0 saturated carbocycles. The Morgan fingerprint density at radius 3 is 2.53 bits per heavy atom. The Labute approximate surface area is 114 Å². The maximum atomic E-state index is 10.2. The highest BCUT2D eigenvalue weighted by molar-refractivity contribution is 5.49. The lowest BCUT2D eigenvalue weighted by Gasteiger charge is -2.24. The van der Waals surface area contributed by atoms with Gasteiger partial charge in [-0.25, -0.2) is 0 Å². The molecule has 0 heterocycles. The van der Waals surface area contributed by atoms with E-state index in [0.29, 0.717) is 12.8 Å². The number of ether oxygens (including phenoxy) is 1. The van der Waals surface area contributed by atoms with Crippen molar-refractivity contribution in [3.05, 3.63) is 35.9 Å². The summed E-state index contributed by atoms with van der Waals surface area (Å²) in [4.78, 5) is 10.2. The maximum Gasteiger partial charge on any atom is 0.157 e. The zero-order chi connectivity index (χ0) is 14.1. The first-order chi connectivity index (χ1) is 9.13. The van der Waals surface area contributed by atoms with Crippen LogP contribution in [0, 0.1) is 5.92 Å². The first kappa shape index (κ1) is 15.8. The van der Waals surface area contributed by atoms with Crippen molar-refractivity contribution >= 4 is 6.29 Å². The summed E-state index contributed by atoms with van der Waals surface area (Å²) in [7, 11) is 0. The standard InChI is InChI=1S/C15H22O4/c1-12(17)10-14(15(18)19-9-5-8-16)11-13-6-3-2-4-7-13/h2-4,6-8,12,14-15,17-18H,5,9-11H2,1H3/t12-,14?,15?/m0/s1. The van der Waals surface area contributed by atoms with E-state index >= 15 is 0 Å². The van der Waals surface area contributed by atoms with Gasteiger partial charge in [0.1, 0.15) is 6.29 Å². The van der Waals surface area contributed by atoms with Crippen molar-refractivity contribution in [3.63, 3.8) is 0 Å². The molecule has 1 rings (SSSR count). The first-order valence-corrected chi connectivity index (χ1v) is 6.58. The maximum absolute atomic E-state index is 10.2. The van der Waals surface area contributed by atoms with Gasteiger partial charge in [-0.15, -0.1) is 0 Å². The second-order valence-electron chi connectivity index (χ2n) is 4.75. The number of aldehydes is 1. The fourth-order valence-electron chi connectivity index (χ4n) is 2.03. The highest BCUT2D eigenvalue weighted by Crippen LogP contribution is 2.19. The van der Waals surface area contributed by atoms with Gasteiger partial charge in [0.05, 0.1) is 12.7 Å². The molecule has 0 aromatic heterocycles. The number of hydrogen-bond donors (Lipinski definition) is 2. The Kier molecular flexibility index (Phi) is 7.33. The van der Waals surface area contributed by atoms with Gasteiger partial charge in [-0.3, -0.25) is 0 Å². The first-order valence-electron chi connectivity index (χ1n) is 6.58. The van der Waals surface area contributed by atoms with Gasteiger partial charge >= 0.3 is 0 Å². The summed E-state index contributed by atoms with van der Waals surface area (Å²) in [5, 5.41) is 19.5. The summed E-state index contributed by atoms with van der Waals surface area (Å²) < 4.78 is 5.23. The topological polar surface area (TPSA) is 66.8 Å². The van der Waals surface area contributed by atoms with E-state index < -0.39 is 12.4 Å². The van der Waals surface area contributed by atoms with Crippen LogP contribution in [0.3, 0.4) is 0 Å². The third-order valence-corrected chi connectivity index (χ3v) is 2.91. The molecule has 3 atom stereocenters. The zero-order valence-corrected chi connectivity index (χ0v) is 11.2. The van der Waals surface area contributed by atoms with Crippen LogP contribution in [0.15, 0.2) is 30.3 Å². The number of rotatable bonds is 9. The van der Waals surface area contributed by atoms with Crippen LogP contribution in [-0.2, 0) is 16.0 Å². The number of hydrogen-bond acceptors (Lipinski definition) is 4. The monoisotopic (exact) mass is 266 g/mol. The Morgan fingerprint density at radius 2 is 1.95 bits per heavy atom. The second kappa shape index (κ2) is 8.80. The van der Waals surface area contributed by atoms with E-state index in [1.165, 1.54) is 0 Å². The largest absolute Gasteiger partial charge is 0.393 e. The lowest BCUT2D eigenvalue weighted by Crippen LogP contribution is -2.29. The SMILES string of the molecule is C[C@H](O)CC(Cc1ccccc1)C(O)OCCC=O. The summed E-state index contributed by atoms with van der Waals surface area (Å²) in [5.41, 5.74) is 1.09. The summed E-state index contributed by atoms with van der Waals surface area (Å²) in [5.74, 6) is -0.186. The van der Waals surface area contributed by atoms with Crippen LogP contribution >= 0.6 is 0 Å². The molecule has 0 spiro atoms. The van der Waals surface area contributed by atoms with Crippen LogP contribution in [0.4, 0.5) is 0 Å². The molecule has 106 valence electrons. The number of aliphatic hydroxyl groups excluding tert-OH is 2. The van der Waals surface area contributed by atoms with Gasteiger partial charge < -0.3 is 19.7 Å². The average Bonchev–Trinajstić information content (AvgIpc) is 2.39. The molecule has 4 nitrogen and oxygen atoms in total. The predicted octanol–water partition coefficient (Wildman–Crippen LogP) is 1.54. The number of carbonyl (C=O) groups excluding carboxylic acids is 1. The fraction of sp³-hybridized carbons (Fsp3) is 0.533. The minimum Gasteiger partial charge on any atom is -0.393 e.